The zero-order valence-electron chi connectivity index (χ0n) is 13.1. The summed E-state index contributed by atoms with van der Waals surface area (Å²) < 4.78 is 0. The highest BCUT2D eigenvalue weighted by Gasteiger charge is 2.25. The Balaban J connectivity index is 3.15. The number of allylic oxidation sites excluding steroid dienone is 1. The third-order valence-corrected chi connectivity index (χ3v) is 3.24. The average molecular weight is 291 g/mol. The Kier molecular flexibility index (Phi) is 6.30. The van der Waals surface area contributed by atoms with E-state index >= 15 is 0 Å². The molecule has 0 aliphatic rings. The van der Waals surface area contributed by atoms with Gasteiger partial charge < -0.3 is 16.2 Å². The van der Waals surface area contributed by atoms with E-state index in [-0.39, 0.29) is 12.6 Å². The van der Waals surface area contributed by atoms with E-state index in [1.165, 1.54) is 0 Å². The van der Waals surface area contributed by atoms with Gasteiger partial charge in [0.25, 0.3) is 0 Å². The van der Waals surface area contributed by atoms with Crippen LogP contribution in [0.25, 0.3) is 0 Å². The van der Waals surface area contributed by atoms with Crippen molar-refractivity contribution in [1.29, 1.82) is 0 Å². The number of aliphatic hydroxyl groups excluding tert-OH is 1. The van der Waals surface area contributed by atoms with Crippen LogP contribution in [0.3, 0.4) is 0 Å². The molecule has 0 aliphatic carbocycles. The van der Waals surface area contributed by atoms with Gasteiger partial charge in [0, 0.05) is 6.21 Å². The first-order valence-electron chi connectivity index (χ1n) is 7.14. The van der Waals surface area contributed by atoms with E-state index in [9.17, 15) is 5.11 Å². The van der Waals surface area contributed by atoms with E-state index in [0.717, 1.165) is 19.3 Å². The molecule has 0 unspecified atom stereocenters. The third-order valence-electron chi connectivity index (χ3n) is 3.24. The number of aliphatic hydroxyl groups is 1. The second kappa shape index (κ2) is 7.73. The number of nitrogens with one attached hydrogen (secondary N) is 1. The molecule has 116 valence electrons. The van der Waals surface area contributed by atoms with Crippen LogP contribution in [0.1, 0.15) is 38.8 Å². The highest BCUT2D eigenvalue weighted by atomic mass is 16.3. The summed E-state index contributed by atoms with van der Waals surface area (Å²) in [5.74, 6) is 0.717. The Bertz CT molecular complexity index is 515. The summed E-state index contributed by atoms with van der Waals surface area (Å²) in [4.78, 5) is 12.6. The fourth-order valence-electron chi connectivity index (χ4n) is 1.99. The molecule has 0 fully saturated rings. The highest BCUT2D eigenvalue weighted by Crippen LogP contribution is 2.30. The van der Waals surface area contributed by atoms with Gasteiger partial charge in [0.05, 0.1) is 17.8 Å². The lowest BCUT2D eigenvalue weighted by molar-refractivity contribution is 0.212. The minimum atomic E-state index is -0.471. The van der Waals surface area contributed by atoms with Gasteiger partial charge in [-0.1, -0.05) is 32.4 Å². The van der Waals surface area contributed by atoms with E-state index in [4.69, 9.17) is 5.73 Å². The second-order valence-electron chi connectivity index (χ2n) is 5.33. The average Bonchev–Trinajstić information content (AvgIpc) is 2.44. The zero-order valence-corrected chi connectivity index (χ0v) is 13.1. The van der Waals surface area contributed by atoms with E-state index in [1.54, 1.807) is 12.3 Å². The van der Waals surface area contributed by atoms with Crippen LogP contribution in [-0.4, -0.2) is 33.4 Å². The third kappa shape index (κ3) is 4.82. The molecule has 0 saturated heterocycles. The number of nitrogens with zero attached hydrogens (tertiary/aromatic N) is 3. The number of aryl methyl sites for hydroxylation is 1. The van der Waals surface area contributed by atoms with E-state index < -0.39 is 5.54 Å². The SMILES string of the molecule is C=CC=Nc1c(C)nc(N)nc1N[C@@](C)(CO)CCCC. The van der Waals surface area contributed by atoms with Crippen molar-refractivity contribution >= 4 is 23.7 Å². The molecule has 0 spiro atoms. The highest BCUT2D eigenvalue weighted by molar-refractivity contribution is 5.78. The molecule has 0 aromatic carbocycles. The van der Waals surface area contributed by atoms with Crippen LogP contribution in [-0.2, 0) is 0 Å². The zero-order chi connectivity index (χ0) is 15.9. The summed E-state index contributed by atoms with van der Waals surface area (Å²) in [7, 11) is 0. The molecule has 4 N–H and O–H groups in total. The van der Waals surface area contributed by atoms with Gasteiger partial charge in [-0.05, 0) is 20.3 Å². The number of nitrogen functional groups attached to an aromatic ring is 1. The van der Waals surface area contributed by atoms with Crippen molar-refractivity contribution in [2.24, 2.45) is 4.99 Å². The van der Waals surface area contributed by atoms with Crippen LogP contribution in [0.4, 0.5) is 17.5 Å². The normalized spacial score (nSPS) is 14.1. The minimum Gasteiger partial charge on any atom is -0.394 e. The van der Waals surface area contributed by atoms with E-state index in [1.807, 2.05) is 13.8 Å². The number of hydrogen-bond donors (Lipinski definition) is 3. The van der Waals surface area contributed by atoms with E-state index in [0.29, 0.717) is 17.2 Å². The van der Waals surface area contributed by atoms with Crippen LogP contribution < -0.4 is 11.1 Å². The smallest absolute Gasteiger partial charge is 0.222 e. The Morgan fingerprint density at radius 2 is 2.19 bits per heavy atom. The first-order valence-corrected chi connectivity index (χ1v) is 7.14. The Hall–Kier alpha value is -1.95. The summed E-state index contributed by atoms with van der Waals surface area (Å²) in [6, 6.07) is 0. The number of hydrogen-bond acceptors (Lipinski definition) is 6. The first-order chi connectivity index (χ1) is 9.95. The Morgan fingerprint density at radius 3 is 2.76 bits per heavy atom. The molecule has 0 bridgehead atoms. The van der Waals surface area contributed by atoms with Gasteiger partial charge in [0.2, 0.25) is 5.95 Å². The van der Waals surface area contributed by atoms with Gasteiger partial charge in [-0.3, -0.25) is 4.99 Å². The number of anilines is 2. The summed E-state index contributed by atoms with van der Waals surface area (Å²) in [6.45, 7) is 9.50. The van der Waals surface area contributed by atoms with Crippen LogP contribution >= 0.6 is 0 Å². The molecule has 1 aromatic heterocycles. The standard InChI is InChI=1S/C15H25N5O/c1-5-7-8-15(4,10-21)20-13-12(17-9-6-2)11(3)18-14(16)19-13/h6,9,21H,2,5,7-8,10H2,1,3-4H3,(H3,16,18,19,20)/t15-/m1/s1. The van der Waals surface area contributed by atoms with E-state index in [2.05, 4.69) is 33.8 Å². The molecule has 21 heavy (non-hydrogen) atoms. The molecule has 0 saturated carbocycles. The molecule has 1 rings (SSSR count). The lowest BCUT2D eigenvalue weighted by Gasteiger charge is -2.30. The maximum Gasteiger partial charge on any atom is 0.222 e. The first kappa shape index (κ1) is 17.1. The van der Waals surface area contributed by atoms with Crippen molar-refractivity contribution < 1.29 is 5.11 Å². The summed E-state index contributed by atoms with van der Waals surface area (Å²) >= 11 is 0. The van der Waals surface area contributed by atoms with Crippen molar-refractivity contribution in [3.8, 4) is 0 Å². The Labute approximate surface area is 126 Å². The molecule has 6 heteroatoms. The molecule has 6 nitrogen and oxygen atoms in total. The largest absolute Gasteiger partial charge is 0.394 e. The van der Waals surface area contributed by atoms with Gasteiger partial charge in [-0.15, -0.1) is 0 Å². The monoisotopic (exact) mass is 291 g/mol. The maximum absolute atomic E-state index is 9.69. The summed E-state index contributed by atoms with van der Waals surface area (Å²) in [5.41, 5.74) is 6.54. The lowest BCUT2D eigenvalue weighted by atomic mass is 9.96. The number of aromatic nitrogens is 2. The molecule has 0 aliphatic heterocycles. The minimum absolute atomic E-state index is 0.000563. The van der Waals surface area contributed by atoms with Gasteiger partial charge >= 0.3 is 0 Å². The molecule has 1 heterocycles. The van der Waals surface area contributed by atoms with Crippen LogP contribution in [0.2, 0.25) is 0 Å². The van der Waals surface area contributed by atoms with Crippen molar-refractivity contribution in [1.82, 2.24) is 9.97 Å². The van der Waals surface area contributed by atoms with Gasteiger partial charge in [-0.2, -0.15) is 4.98 Å². The van der Waals surface area contributed by atoms with Crippen LogP contribution in [0, 0.1) is 6.92 Å². The van der Waals surface area contributed by atoms with Crippen molar-refractivity contribution in [3.63, 3.8) is 0 Å². The van der Waals surface area contributed by atoms with Crippen LogP contribution in [0.5, 0.6) is 0 Å². The summed E-state index contributed by atoms with van der Waals surface area (Å²) in [5, 5.41) is 13.0. The second-order valence-corrected chi connectivity index (χ2v) is 5.33. The molecule has 0 amide bonds. The fraction of sp³-hybridized carbons (Fsp3) is 0.533. The summed E-state index contributed by atoms with van der Waals surface area (Å²) in [6.07, 6.45) is 6.06. The van der Waals surface area contributed by atoms with Crippen molar-refractivity contribution in [3.05, 3.63) is 18.3 Å². The van der Waals surface area contributed by atoms with Gasteiger partial charge in [0.1, 0.15) is 5.69 Å². The molecule has 1 atom stereocenters. The molecule has 0 radical (unpaired) electrons. The molecule has 1 aromatic rings. The van der Waals surface area contributed by atoms with Crippen molar-refractivity contribution in [2.45, 2.75) is 45.6 Å². The van der Waals surface area contributed by atoms with Gasteiger partial charge in [-0.25, -0.2) is 4.98 Å². The predicted octanol–water partition coefficient (Wildman–Crippen LogP) is 2.61. The number of rotatable bonds is 8. The number of nitrogens with two attached hydrogens (primary N) is 1. The quantitative estimate of drug-likeness (QED) is 0.640. The fourth-order valence-corrected chi connectivity index (χ4v) is 1.99. The molecular weight excluding hydrogens is 266 g/mol. The van der Waals surface area contributed by atoms with Gasteiger partial charge in [0.15, 0.2) is 5.82 Å². The van der Waals surface area contributed by atoms with Crippen LogP contribution in [0.15, 0.2) is 17.6 Å². The van der Waals surface area contributed by atoms with Crippen molar-refractivity contribution in [2.75, 3.05) is 17.7 Å². The topological polar surface area (TPSA) is 96.4 Å². The maximum atomic E-state index is 9.69. The predicted molar refractivity (Wildman–Crippen MR) is 88.2 cm³/mol. The lowest BCUT2D eigenvalue weighted by Crippen LogP contribution is -2.39. The Morgan fingerprint density at radius 1 is 1.48 bits per heavy atom. The number of aliphatic imine (C=N–C) groups is 1. The number of unbranched alkanes of at least 4 members (excludes halogenated alkanes) is 1. The molecular formula is C15H25N5O.